The summed E-state index contributed by atoms with van der Waals surface area (Å²) < 4.78 is 0. The van der Waals surface area contributed by atoms with E-state index in [1.165, 1.54) is 5.56 Å². The number of hydrogen-bond acceptors (Lipinski definition) is 1. The lowest BCUT2D eigenvalue weighted by Crippen LogP contribution is -2.11. The molecular weight excluding hydrogens is 277 g/mol. The number of anilines is 2. The van der Waals surface area contributed by atoms with E-state index in [0.29, 0.717) is 10.9 Å². The summed E-state index contributed by atoms with van der Waals surface area (Å²) in [4.78, 5) is 2.13. The van der Waals surface area contributed by atoms with E-state index in [1.807, 2.05) is 25.2 Å². The molecule has 0 aromatic heterocycles. The van der Waals surface area contributed by atoms with Crippen LogP contribution >= 0.6 is 23.2 Å². The zero-order chi connectivity index (χ0) is 13.8. The average Bonchev–Trinajstić information content (AvgIpc) is 2.46. The van der Waals surface area contributed by atoms with Crippen molar-refractivity contribution < 1.29 is 0 Å². The lowest BCUT2D eigenvalue weighted by atomic mass is 10.1. The average molecular weight is 294 g/mol. The Morgan fingerprint density at radius 1 is 1.05 bits per heavy atom. The normalized spacial score (nSPS) is 10.5. The highest BCUT2D eigenvalue weighted by Gasteiger charge is 2.09. The number of aryl methyl sites for hydroxylation is 1. The maximum Gasteiger partial charge on any atom is 0.0495 e. The number of alkyl halides is 1. The highest BCUT2D eigenvalue weighted by molar-refractivity contribution is 6.30. The molecule has 0 amide bonds. The Morgan fingerprint density at radius 3 is 2.32 bits per heavy atom. The van der Waals surface area contributed by atoms with E-state index in [2.05, 4.69) is 36.1 Å². The monoisotopic (exact) mass is 293 g/mol. The smallest absolute Gasteiger partial charge is 0.0495 e. The predicted octanol–water partition coefficient (Wildman–Crippen LogP) is 5.41. The molecule has 0 unspecified atom stereocenters. The van der Waals surface area contributed by atoms with Crippen molar-refractivity contribution in [3.05, 3.63) is 58.6 Å². The molecule has 2 aromatic rings. The molecule has 0 spiro atoms. The molecule has 1 nitrogen and oxygen atoms in total. The van der Waals surface area contributed by atoms with Gasteiger partial charge in [-0.05, 0) is 47.9 Å². The lowest BCUT2D eigenvalue weighted by molar-refractivity contribution is 1.13. The van der Waals surface area contributed by atoms with E-state index in [4.69, 9.17) is 23.2 Å². The van der Waals surface area contributed by atoms with Gasteiger partial charge in [0, 0.05) is 29.3 Å². The van der Waals surface area contributed by atoms with Crippen LogP contribution in [0.15, 0.2) is 42.5 Å². The molecule has 0 fully saturated rings. The van der Waals surface area contributed by atoms with Gasteiger partial charge in [-0.3, -0.25) is 0 Å². The first-order chi connectivity index (χ1) is 9.15. The summed E-state index contributed by atoms with van der Waals surface area (Å²) in [6.07, 6.45) is 1.05. The third kappa shape index (κ3) is 3.23. The Hall–Kier alpha value is -1.18. The van der Waals surface area contributed by atoms with Gasteiger partial charge in [0.25, 0.3) is 0 Å². The van der Waals surface area contributed by atoms with Crippen molar-refractivity contribution in [2.24, 2.45) is 0 Å². The van der Waals surface area contributed by atoms with Gasteiger partial charge < -0.3 is 4.90 Å². The summed E-state index contributed by atoms with van der Waals surface area (Å²) in [5.41, 5.74) is 4.61. The van der Waals surface area contributed by atoms with Crippen molar-refractivity contribution >= 4 is 34.6 Å². The Bertz CT molecular complexity index is 549. The van der Waals surface area contributed by atoms with Crippen molar-refractivity contribution in [3.8, 4) is 0 Å². The van der Waals surface area contributed by atoms with Gasteiger partial charge >= 0.3 is 0 Å². The molecule has 2 rings (SSSR count). The van der Waals surface area contributed by atoms with Crippen LogP contribution in [0.2, 0.25) is 5.02 Å². The molecular formula is C16H17Cl2N. The molecule has 3 heteroatoms. The molecule has 0 aliphatic carbocycles. The third-order valence-corrected chi connectivity index (χ3v) is 3.80. The number of halogens is 2. The standard InChI is InChI=1S/C16H17Cl2N/c1-3-12-4-7-15(8-5-12)19(2)16-9-6-14(18)10-13(16)11-17/h4-10H,3,11H2,1-2H3. The van der Waals surface area contributed by atoms with Crippen LogP contribution in [0, 0.1) is 0 Å². The molecule has 0 saturated heterocycles. The Labute approximate surface area is 124 Å². The van der Waals surface area contributed by atoms with Crippen molar-refractivity contribution in [1.82, 2.24) is 0 Å². The van der Waals surface area contributed by atoms with Crippen molar-refractivity contribution in [2.75, 3.05) is 11.9 Å². The molecule has 0 aliphatic heterocycles. The fourth-order valence-corrected chi connectivity index (χ4v) is 2.49. The molecule has 0 saturated carbocycles. The highest BCUT2D eigenvalue weighted by atomic mass is 35.5. The minimum atomic E-state index is 0.452. The minimum absolute atomic E-state index is 0.452. The molecule has 0 heterocycles. The second kappa shape index (κ2) is 6.31. The third-order valence-electron chi connectivity index (χ3n) is 3.28. The van der Waals surface area contributed by atoms with Gasteiger partial charge in [0.1, 0.15) is 0 Å². The van der Waals surface area contributed by atoms with Gasteiger partial charge in [-0.2, -0.15) is 0 Å². The molecule has 19 heavy (non-hydrogen) atoms. The first kappa shape index (κ1) is 14.2. The van der Waals surface area contributed by atoms with Crippen LogP contribution in [0.3, 0.4) is 0 Å². The van der Waals surface area contributed by atoms with Crippen LogP contribution in [0.1, 0.15) is 18.1 Å². The maximum atomic E-state index is 6.01. The first-order valence-electron chi connectivity index (χ1n) is 6.32. The zero-order valence-electron chi connectivity index (χ0n) is 11.2. The summed E-state index contributed by atoms with van der Waals surface area (Å²) in [7, 11) is 2.04. The Balaban J connectivity index is 2.34. The highest BCUT2D eigenvalue weighted by Crippen LogP contribution is 2.30. The number of rotatable bonds is 4. The Kier molecular flexibility index (Phi) is 4.73. The fraction of sp³-hybridized carbons (Fsp3) is 0.250. The van der Waals surface area contributed by atoms with E-state index >= 15 is 0 Å². The van der Waals surface area contributed by atoms with Gasteiger partial charge in [0.15, 0.2) is 0 Å². The lowest BCUT2D eigenvalue weighted by Gasteiger charge is -2.22. The van der Waals surface area contributed by atoms with E-state index in [-0.39, 0.29) is 0 Å². The summed E-state index contributed by atoms with van der Waals surface area (Å²) in [6, 6.07) is 14.4. The molecule has 0 radical (unpaired) electrons. The van der Waals surface area contributed by atoms with Gasteiger partial charge in [0.2, 0.25) is 0 Å². The zero-order valence-corrected chi connectivity index (χ0v) is 12.7. The van der Waals surface area contributed by atoms with Gasteiger partial charge in [-0.15, -0.1) is 11.6 Å². The molecule has 0 aliphatic rings. The van der Waals surface area contributed by atoms with Crippen LogP contribution < -0.4 is 4.90 Å². The topological polar surface area (TPSA) is 3.24 Å². The minimum Gasteiger partial charge on any atom is -0.344 e. The molecule has 2 aromatic carbocycles. The quantitative estimate of drug-likeness (QED) is 0.681. The van der Waals surface area contributed by atoms with E-state index in [0.717, 1.165) is 23.4 Å². The Morgan fingerprint density at radius 2 is 1.74 bits per heavy atom. The molecule has 0 bridgehead atoms. The molecule has 100 valence electrons. The number of hydrogen-bond donors (Lipinski definition) is 0. The second-order valence-electron chi connectivity index (χ2n) is 4.49. The van der Waals surface area contributed by atoms with Crippen LogP contribution in [0.4, 0.5) is 11.4 Å². The molecule has 0 atom stereocenters. The van der Waals surface area contributed by atoms with E-state index in [1.54, 1.807) is 0 Å². The van der Waals surface area contributed by atoms with Gasteiger partial charge in [-0.25, -0.2) is 0 Å². The summed E-state index contributed by atoms with van der Waals surface area (Å²) >= 11 is 12.0. The summed E-state index contributed by atoms with van der Waals surface area (Å²) in [6.45, 7) is 2.16. The molecule has 0 N–H and O–H groups in total. The fourth-order valence-electron chi connectivity index (χ4n) is 2.08. The number of benzene rings is 2. The van der Waals surface area contributed by atoms with Gasteiger partial charge in [0.05, 0.1) is 0 Å². The van der Waals surface area contributed by atoms with Crippen LogP contribution in [-0.4, -0.2) is 7.05 Å². The van der Waals surface area contributed by atoms with E-state index in [9.17, 15) is 0 Å². The SMILES string of the molecule is CCc1ccc(N(C)c2ccc(Cl)cc2CCl)cc1. The van der Waals surface area contributed by atoms with Crippen LogP contribution in [0.5, 0.6) is 0 Å². The predicted molar refractivity (Wildman–Crippen MR) is 84.9 cm³/mol. The van der Waals surface area contributed by atoms with E-state index < -0.39 is 0 Å². The van der Waals surface area contributed by atoms with Gasteiger partial charge in [-0.1, -0.05) is 30.7 Å². The summed E-state index contributed by atoms with van der Waals surface area (Å²) in [5.74, 6) is 0.452. The summed E-state index contributed by atoms with van der Waals surface area (Å²) in [5, 5.41) is 0.717. The van der Waals surface area contributed by atoms with Crippen LogP contribution in [0.25, 0.3) is 0 Å². The maximum absolute atomic E-state index is 6.01. The van der Waals surface area contributed by atoms with Crippen molar-refractivity contribution in [1.29, 1.82) is 0 Å². The first-order valence-corrected chi connectivity index (χ1v) is 7.24. The second-order valence-corrected chi connectivity index (χ2v) is 5.19. The number of nitrogens with zero attached hydrogens (tertiary/aromatic N) is 1. The largest absolute Gasteiger partial charge is 0.344 e. The van der Waals surface area contributed by atoms with Crippen LogP contribution in [-0.2, 0) is 12.3 Å². The van der Waals surface area contributed by atoms with Crippen molar-refractivity contribution in [3.63, 3.8) is 0 Å². The van der Waals surface area contributed by atoms with Crippen molar-refractivity contribution in [2.45, 2.75) is 19.2 Å².